The summed E-state index contributed by atoms with van der Waals surface area (Å²) in [5.41, 5.74) is 1.05. The lowest BCUT2D eigenvalue weighted by molar-refractivity contribution is 0.0918. The number of carbonyl (C=O) groups excluding carboxylic acids is 1. The Morgan fingerprint density at radius 3 is 3.17 bits per heavy atom. The fourth-order valence-corrected chi connectivity index (χ4v) is 2.87. The minimum atomic E-state index is -0.243. The van der Waals surface area contributed by atoms with Crippen LogP contribution in [0.5, 0.6) is 0 Å². The van der Waals surface area contributed by atoms with Gasteiger partial charge in [-0.2, -0.15) is 0 Å². The number of carbonyl (C=O) groups is 1. The standard InChI is InChI=1S/C16H16N6O2/c1-10-19-20-15-5-4-12(9-22(10)15)18-16(23)13-7-14(24-21-13)11-3-2-6-17-8-11/h2-3,6-8,12H,4-5,9H2,1H3,(H,18,23). The maximum Gasteiger partial charge on any atom is 0.273 e. The van der Waals surface area contributed by atoms with Gasteiger partial charge in [0.25, 0.3) is 5.91 Å². The molecule has 3 aromatic rings. The molecule has 0 radical (unpaired) electrons. The molecule has 0 aliphatic carbocycles. The van der Waals surface area contributed by atoms with E-state index in [1.54, 1.807) is 24.5 Å². The van der Waals surface area contributed by atoms with Crippen molar-refractivity contribution in [1.29, 1.82) is 0 Å². The van der Waals surface area contributed by atoms with Crippen molar-refractivity contribution in [1.82, 2.24) is 30.2 Å². The molecule has 122 valence electrons. The van der Waals surface area contributed by atoms with Gasteiger partial charge < -0.3 is 14.4 Å². The Bertz CT molecular complexity index is 870. The molecule has 1 amide bonds. The summed E-state index contributed by atoms with van der Waals surface area (Å²) in [7, 11) is 0. The molecule has 8 heteroatoms. The molecule has 0 fully saturated rings. The van der Waals surface area contributed by atoms with E-state index in [-0.39, 0.29) is 17.6 Å². The highest BCUT2D eigenvalue weighted by molar-refractivity contribution is 5.93. The predicted molar refractivity (Wildman–Crippen MR) is 84.1 cm³/mol. The van der Waals surface area contributed by atoms with Crippen molar-refractivity contribution in [3.05, 3.63) is 47.9 Å². The molecule has 0 bridgehead atoms. The van der Waals surface area contributed by atoms with Crippen molar-refractivity contribution >= 4 is 5.91 Å². The molecule has 24 heavy (non-hydrogen) atoms. The number of pyridine rings is 1. The molecule has 1 atom stereocenters. The zero-order valence-corrected chi connectivity index (χ0v) is 13.1. The van der Waals surface area contributed by atoms with Crippen LogP contribution in [-0.2, 0) is 13.0 Å². The summed E-state index contributed by atoms with van der Waals surface area (Å²) in [5, 5.41) is 15.1. The number of aromatic nitrogens is 5. The summed E-state index contributed by atoms with van der Waals surface area (Å²) in [6, 6.07) is 5.31. The third-order valence-corrected chi connectivity index (χ3v) is 4.16. The third kappa shape index (κ3) is 2.66. The van der Waals surface area contributed by atoms with Crippen molar-refractivity contribution in [3.8, 4) is 11.3 Å². The molecule has 0 saturated heterocycles. The van der Waals surface area contributed by atoms with Gasteiger partial charge in [0.1, 0.15) is 11.6 Å². The molecule has 8 nitrogen and oxygen atoms in total. The quantitative estimate of drug-likeness (QED) is 0.781. The Hall–Kier alpha value is -3.03. The lowest BCUT2D eigenvalue weighted by atomic mass is 10.1. The number of hydrogen-bond donors (Lipinski definition) is 1. The van der Waals surface area contributed by atoms with Crippen LogP contribution in [0.4, 0.5) is 0 Å². The predicted octanol–water partition coefficient (Wildman–Crippen LogP) is 1.38. The van der Waals surface area contributed by atoms with E-state index < -0.39 is 0 Å². The van der Waals surface area contributed by atoms with Gasteiger partial charge in [0.05, 0.1) is 0 Å². The fraction of sp³-hybridized carbons (Fsp3) is 0.312. The Morgan fingerprint density at radius 2 is 2.33 bits per heavy atom. The first-order valence-corrected chi connectivity index (χ1v) is 7.77. The smallest absolute Gasteiger partial charge is 0.273 e. The minimum absolute atomic E-state index is 0.0261. The second kappa shape index (κ2) is 5.88. The van der Waals surface area contributed by atoms with E-state index in [1.807, 2.05) is 17.6 Å². The summed E-state index contributed by atoms with van der Waals surface area (Å²) in [6.45, 7) is 2.59. The van der Waals surface area contributed by atoms with Gasteiger partial charge in [-0.05, 0) is 25.5 Å². The molecule has 4 rings (SSSR count). The number of hydrogen-bond acceptors (Lipinski definition) is 6. The molecule has 0 saturated carbocycles. The van der Waals surface area contributed by atoms with Crippen LogP contribution < -0.4 is 5.32 Å². The second-order valence-corrected chi connectivity index (χ2v) is 5.80. The maximum atomic E-state index is 12.4. The van der Waals surface area contributed by atoms with E-state index in [4.69, 9.17) is 4.52 Å². The van der Waals surface area contributed by atoms with Crippen molar-refractivity contribution in [2.45, 2.75) is 32.4 Å². The Morgan fingerprint density at radius 1 is 1.42 bits per heavy atom. The number of nitrogens with one attached hydrogen (secondary N) is 1. The topological polar surface area (TPSA) is 98.7 Å². The number of amides is 1. The number of fused-ring (bicyclic) bond motifs is 1. The molecule has 0 aromatic carbocycles. The Kier molecular flexibility index (Phi) is 3.56. The van der Waals surface area contributed by atoms with Crippen LogP contribution in [0.25, 0.3) is 11.3 Å². The highest BCUT2D eigenvalue weighted by Gasteiger charge is 2.24. The molecule has 3 aromatic heterocycles. The van der Waals surface area contributed by atoms with Crippen LogP contribution in [0.3, 0.4) is 0 Å². The summed E-state index contributed by atoms with van der Waals surface area (Å²) in [5.74, 6) is 2.12. The van der Waals surface area contributed by atoms with Crippen LogP contribution >= 0.6 is 0 Å². The van der Waals surface area contributed by atoms with E-state index in [0.717, 1.165) is 30.1 Å². The average molecular weight is 324 g/mol. The Labute approximate surface area is 137 Å². The first-order valence-electron chi connectivity index (χ1n) is 7.77. The van der Waals surface area contributed by atoms with Gasteiger partial charge in [0, 0.05) is 43.0 Å². The van der Waals surface area contributed by atoms with Crippen LogP contribution in [-0.4, -0.2) is 36.9 Å². The third-order valence-electron chi connectivity index (χ3n) is 4.16. The SMILES string of the molecule is Cc1nnc2n1CC(NC(=O)c1cc(-c3cccnc3)on1)CC2. The van der Waals surface area contributed by atoms with E-state index in [1.165, 1.54) is 0 Å². The molecular weight excluding hydrogens is 308 g/mol. The maximum absolute atomic E-state index is 12.4. The van der Waals surface area contributed by atoms with Gasteiger partial charge >= 0.3 is 0 Å². The van der Waals surface area contributed by atoms with Crippen molar-refractivity contribution in [3.63, 3.8) is 0 Å². The van der Waals surface area contributed by atoms with Gasteiger partial charge in [-0.15, -0.1) is 10.2 Å². The van der Waals surface area contributed by atoms with Crippen molar-refractivity contribution in [2.75, 3.05) is 0 Å². The molecular formula is C16H16N6O2. The zero-order valence-electron chi connectivity index (χ0n) is 13.1. The first-order chi connectivity index (χ1) is 11.7. The first kappa shape index (κ1) is 14.6. The normalized spacial score (nSPS) is 16.6. The van der Waals surface area contributed by atoms with Crippen LogP contribution in [0.15, 0.2) is 35.1 Å². The van der Waals surface area contributed by atoms with E-state index >= 15 is 0 Å². The highest BCUT2D eigenvalue weighted by Crippen LogP contribution is 2.19. The Balaban J connectivity index is 1.46. The molecule has 4 heterocycles. The number of rotatable bonds is 3. The van der Waals surface area contributed by atoms with Crippen LogP contribution in [0.2, 0.25) is 0 Å². The van der Waals surface area contributed by atoms with Crippen LogP contribution in [0.1, 0.15) is 28.6 Å². The molecule has 1 aliphatic heterocycles. The van der Waals surface area contributed by atoms with Gasteiger partial charge in [-0.3, -0.25) is 9.78 Å². The van der Waals surface area contributed by atoms with Crippen molar-refractivity contribution in [2.24, 2.45) is 0 Å². The zero-order chi connectivity index (χ0) is 16.5. The largest absolute Gasteiger partial charge is 0.355 e. The molecule has 1 aliphatic rings. The van der Waals surface area contributed by atoms with E-state index in [2.05, 4.69) is 25.7 Å². The monoisotopic (exact) mass is 324 g/mol. The fourth-order valence-electron chi connectivity index (χ4n) is 2.87. The van der Waals surface area contributed by atoms with Gasteiger partial charge in [-0.25, -0.2) is 0 Å². The average Bonchev–Trinajstić information content (AvgIpc) is 3.24. The van der Waals surface area contributed by atoms with Gasteiger partial charge in [-0.1, -0.05) is 5.16 Å². The summed E-state index contributed by atoms with van der Waals surface area (Å²) >= 11 is 0. The molecule has 1 N–H and O–H groups in total. The van der Waals surface area contributed by atoms with Gasteiger partial charge in [0.2, 0.25) is 0 Å². The highest BCUT2D eigenvalue weighted by atomic mass is 16.5. The van der Waals surface area contributed by atoms with Crippen LogP contribution in [0, 0.1) is 6.92 Å². The number of nitrogens with zero attached hydrogens (tertiary/aromatic N) is 5. The number of aryl methyl sites for hydroxylation is 2. The van der Waals surface area contributed by atoms with E-state index in [0.29, 0.717) is 12.3 Å². The summed E-state index contributed by atoms with van der Waals surface area (Å²) in [6.07, 6.45) is 4.97. The van der Waals surface area contributed by atoms with Crippen molar-refractivity contribution < 1.29 is 9.32 Å². The molecule has 0 spiro atoms. The van der Waals surface area contributed by atoms with E-state index in [9.17, 15) is 4.79 Å². The molecule has 1 unspecified atom stereocenters. The second-order valence-electron chi connectivity index (χ2n) is 5.80. The van der Waals surface area contributed by atoms with Gasteiger partial charge in [0.15, 0.2) is 11.5 Å². The summed E-state index contributed by atoms with van der Waals surface area (Å²) < 4.78 is 7.29. The minimum Gasteiger partial charge on any atom is -0.355 e. The lowest BCUT2D eigenvalue weighted by Gasteiger charge is -2.24. The summed E-state index contributed by atoms with van der Waals surface area (Å²) in [4.78, 5) is 16.4. The lowest BCUT2D eigenvalue weighted by Crippen LogP contribution is -2.41.